The molecule has 0 aromatic carbocycles. The molecular weight excluding hydrogens is 194 g/mol. The van der Waals surface area contributed by atoms with E-state index >= 15 is 0 Å². The maximum atomic E-state index is 11.0. The molecule has 0 saturated carbocycles. The number of ether oxygens (including phenoxy) is 1. The van der Waals surface area contributed by atoms with Gasteiger partial charge >= 0.3 is 5.97 Å². The van der Waals surface area contributed by atoms with Crippen molar-refractivity contribution >= 4 is 18.4 Å². The van der Waals surface area contributed by atoms with Crippen LogP contribution in [0.5, 0.6) is 0 Å². The van der Waals surface area contributed by atoms with E-state index in [1.807, 2.05) is 0 Å². The van der Waals surface area contributed by atoms with Crippen molar-refractivity contribution in [1.29, 1.82) is 0 Å². The number of carbonyl (C=O) groups is 1. The molecule has 0 aromatic rings. The van der Waals surface area contributed by atoms with Gasteiger partial charge in [0.1, 0.15) is 0 Å². The van der Waals surface area contributed by atoms with Crippen LogP contribution in [-0.4, -0.2) is 36.4 Å². The highest BCUT2D eigenvalue weighted by atomic mass is 35.5. The monoisotopic (exact) mass is 209 g/mol. The van der Waals surface area contributed by atoms with Gasteiger partial charge in [-0.25, -0.2) is 0 Å². The van der Waals surface area contributed by atoms with Crippen LogP contribution in [0.3, 0.4) is 0 Å². The van der Waals surface area contributed by atoms with Crippen molar-refractivity contribution in [2.75, 3.05) is 19.7 Å². The lowest BCUT2D eigenvalue weighted by molar-refractivity contribution is -0.148. The lowest BCUT2D eigenvalue weighted by Gasteiger charge is -2.19. The van der Waals surface area contributed by atoms with Crippen LogP contribution >= 0.6 is 12.4 Å². The van der Waals surface area contributed by atoms with E-state index in [0.717, 1.165) is 6.54 Å². The fraction of sp³-hybridized carbons (Fsp3) is 0.875. The Bertz CT molecular complexity index is 169. The Morgan fingerprint density at radius 3 is 2.85 bits per heavy atom. The zero-order chi connectivity index (χ0) is 9.03. The Balaban J connectivity index is 0.00000144. The summed E-state index contributed by atoms with van der Waals surface area (Å²) in [4.78, 5) is 11.0. The third kappa shape index (κ3) is 3.93. The molecule has 0 spiro atoms. The Labute approximate surface area is 84.1 Å². The first kappa shape index (κ1) is 12.7. The normalized spacial score (nSPS) is 26.6. The lowest BCUT2D eigenvalue weighted by Crippen LogP contribution is -2.34. The van der Waals surface area contributed by atoms with E-state index in [9.17, 15) is 9.90 Å². The average molecular weight is 210 g/mol. The van der Waals surface area contributed by atoms with E-state index in [0.29, 0.717) is 19.6 Å². The molecule has 1 heterocycles. The van der Waals surface area contributed by atoms with Crippen LogP contribution in [0.4, 0.5) is 0 Å². The van der Waals surface area contributed by atoms with Crippen molar-refractivity contribution in [2.24, 2.45) is 0 Å². The molecule has 0 amide bonds. The van der Waals surface area contributed by atoms with Crippen molar-refractivity contribution in [3.05, 3.63) is 0 Å². The molecule has 4 nitrogen and oxygen atoms in total. The van der Waals surface area contributed by atoms with E-state index in [-0.39, 0.29) is 24.8 Å². The summed E-state index contributed by atoms with van der Waals surface area (Å²) in [5, 5.41) is 12.7. The SMILES string of the molecule is CCOC(=O)CC1(O)CCNC1.Cl. The Morgan fingerprint density at radius 1 is 1.69 bits per heavy atom. The molecule has 1 atom stereocenters. The number of nitrogens with one attached hydrogen (secondary N) is 1. The molecule has 1 fully saturated rings. The largest absolute Gasteiger partial charge is 0.466 e. The maximum absolute atomic E-state index is 11.0. The summed E-state index contributed by atoms with van der Waals surface area (Å²) in [6.45, 7) is 3.40. The molecule has 5 heteroatoms. The topological polar surface area (TPSA) is 58.6 Å². The zero-order valence-corrected chi connectivity index (χ0v) is 8.52. The molecule has 1 unspecified atom stereocenters. The summed E-state index contributed by atoms with van der Waals surface area (Å²) in [6.07, 6.45) is 0.736. The van der Waals surface area contributed by atoms with Gasteiger partial charge < -0.3 is 15.2 Å². The molecule has 13 heavy (non-hydrogen) atoms. The summed E-state index contributed by atoms with van der Waals surface area (Å²) >= 11 is 0. The van der Waals surface area contributed by atoms with Crippen LogP contribution in [0.25, 0.3) is 0 Å². The molecule has 0 bridgehead atoms. The lowest BCUT2D eigenvalue weighted by atomic mass is 9.99. The van der Waals surface area contributed by atoms with Gasteiger partial charge in [0.2, 0.25) is 0 Å². The summed E-state index contributed by atoms with van der Waals surface area (Å²) in [6, 6.07) is 0. The predicted molar refractivity (Wildman–Crippen MR) is 50.9 cm³/mol. The number of esters is 1. The number of halogens is 1. The smallest absolute Gasteiger partial charge is 0.308 e. The first-order chi connectivity index (χ1) is 5.66. The molecule has 0 aromatic heterocycles. The number of aliphatic hydroxyl groups is 1. The van der Waals surface area contributed by atoms with E-state index in [1.165, 1.54) is 0 Å². The van der Waals surface area contributed by atoms with E-state index < -0.39 is 5.60 Å². The second kappa shape index (κ2) is 5.42. The number of hydrogen-bond donors (Lipinski definition) is 2. The van der Waals surface area contributed by atoms with Crippen molar-refractivity contribution in [3.8, 4) is 0 Å². The van der Waals surface area contributed by atoms with Crippen LogP contribution in [0.1, 0.15) is 19.8 Å². The van der Waals surface area contributed by atoms with Crippen LogP contribution < -0.4 is 5.32 Å². The van der Waals surface area contributed by atoms with Gasteiger partial charge in [-0.05, 0) is 19.9 Å². The van der Waals surface area contributed by atoms with Gasteiger partial charge in [0, 0.05) is 6.54 Å². The summed E-state index contributed by atoms with van der Waals surface area (Å²) in [7, 11) is 0. The average Bonchev–Trinajstić information content (AvgIpc) is 2.36. The van der Waals surface area contributed by atoms with Gasteiger partial charge in [0.15, 0.2) is 0 Å². The van der Waals surface area contributed by atoms with Crippen molar-refractivity contribution in [3.63, 3.8) is 0 Å². The minimum absolute atomic E-state index is 0. The highest BCUT2D eigenvalue weighted by Crippen LogP contribution is 2.18. The van der Waals surface area contributed by atoms with Crippen molar-refractivity contribution in [1.82, 2.24) is 5.32 Å². The molecule has 1 saturated heterocycles. The Hall–Kier alpha value is -0.320. The summed E-state index contributed by atoms with van der Waals surface area (Å²) < 4.78 is 4.74. The first-order valence-corrected chi connectivity index (χ1v) is 4.25. The van der Waals surface area contributed by atoms with Gasteiger partial charge in [0.25, 0.3) is 0 Å². The number of carbonyl (C=O) groups excluding carboxylic acids is 1. The van der Waals surface area contributed by atoms with Gasteiger partial charge in [-0.15, -0.1) is 12.4 Å². The fourth-order valence-electron chi connectivity index (χ4n) is 1.36. The van der Waals surface area contributed by atoms with E-state index in [2.05, 4.69) is 5.32 Å². The summed E-state index contributed by atoms with van der Waals surface area (Å²) in [5.41, 5.74) is -0.869. The highest BCUT2D eigenvalue weighted by Gasteiger charge is 2.33. The fourth-order valence-corrected chi connectivity index (χ4v) is 1.36. The van der Waals surface area contributed by atoms with Gasteiger partial charge in [-0.2, -0.15) is 0 Å². The highest BCUT2D eigenvalue weighted by molar-refractivity contribution is 5.85. The zero-order valence-electron chi connectivity index (χ0n) is 7.71. The Kier molecular flexibility index (Phi) is 5.29. The Morgan fingerprint density at radius 2 is 2.38 bits per heavy atom. The second-order valence-corrected chi connectivity index (χ2v) is 3.13. The minimum atomic E-state index is -0.869. The molecule has 1 aliphatic heterocycles. The van der Waals surface area contributed by atoms with E-state index in [4.69, 9.17) is 4.74 Å². The number of rotatable bonds is 3. The van der Waals surface area contributed by atoms with Crippen LogP contribution in [0.2, 0.25) is 0 Å². The van der Waals surface area contributed by atoms with Crippen LogP contribution in [-0.2, 0) is 9.53 Å². The quantitative estimate of drug-likeness (QED) is 0.647. The molecule has 0 radical (unpaired) electrons. The number of β-amino-alcohol motifs (C(OH)–C–C–N with tert-alkyl or cyclic N) is 1. The molecule has 1 aliphatic rings. The van der Waals surface area contributed by atoms with Crippen LogP contribution in [0, 0.1) is 0 Å². The van der Waals surface area contributed by atoms with Gasteiger partial charge in [0.05, 0.1) is 18.6 Å². The molecule has 2 N–H and O–H groups in total. The third-order valence-corrected chi connectivity index (χ3v) is 2.00. The second-order valence-electron chi connectivity index (χ2n) is 3.13. The van der Waals surface area contributed by atoms with E-state index in [1.54, 1.807) is 6.92 Å². The number of hydrogen-bond acceptors (Lipinski definition) is 4. The third-order valence-electron chi connectivity index (χ3n) is 2.00. The minimum Gasteiger partial charge on any atom is -0.466 e. The van der Waals surface area contributed by atoms with Gasteiger partial charge in [-0.3, -0.25) is 4.79 Å². The van der Waals surface area contributed by atoms with Crippen molar-refractivity contribution in [2.45, 2.75) is 25.4 Å². The van der Waals surface area contributed by atoms with Gasteiger partial charge in [-0.1, -0.05) is 0 Å². The molecule has 0 aliphatic carbocycles. The van der Waals surface area contributed by atoms with Crippen LogP contribution in [0.15, 0.2) is 0 Å². The molecular formula is C8H16ClNO3. The predicted octanol–water partition coefficient (Wildman–Crippen LogP) is 0.0858. The molecule has 78 valence electrons. The molecule has 1 rings (SSSR count). The standard InChI is InChI=1S/C8H15NO3.ClH/c1-2-12-7(10)5-8(11)3-4-9-6-8;/h9,11H,2-6H2,1H3;1H. The van der Waals surface area contributed by atoms with Crippen molar-refractivity contribution < 1.29 is 14.6 Å². The maximum Gasteiger partial charge on any atom is 0.308 e. The summed E-state index contributed by atoms with van der Waals surface area (Å²) in [5.74, 6) is -0.316. The first-order valence-electron chi connectivity index (χ1n) is 4.25.